The Morgan fingerprint density at radius 2 is 2.11 bits per heavy atom. The molecule has 1 fully saturated rings. The highest BCUT2D eigenvalue weighted by atomic mass is 32.2. The minimum absolute atomic E-state index is 0.286. The van der Waals surface area contributed by atoms with Gasteiger partial charge in [0, 0.05) is 7.05 Å². The molecule has 6 heteroatoms. The Labute approximate surface area is 121 Å². The lowest BCUT2D eigenvalue weighted by Gasteiger charge is -2.30. The van der Waals surface area contributed by atoms with E-state index in [1.54, 1.807) is 18.2 Å². The third kappa shape index (κ3) is 2.60. The Morgan fingerprint density at radius 3 is 2.63 bits per heavy atom. The number of thiocarbonyl (C=S) groups is 1. The average Bonchev–Trinajstić information content (AvgIpc) is 2.56. The van der Waals surface area contributed by atoms with E-state index in [-0.39, 0.29) is 10.9 Å². The van der Waals surface area contributed by atoms with Gasteiger partial charge in [0.05, 0.1) is 5.56 Å². The fourth-order valence-corrected chi connectivity index (χ4v) is 3.57. The lowest BCUT2D eigenvalue weighted by molar-refractivity contribution is -0.480. The quantitative estimate of drug-likeness (QED) is 0.276. The molecule has 1 heterocycles. The van der Waals surface area contributed by atoms with Gasteiger partial charge >= 0.3 is 0 Å². The highest BCUT2D eigenvalue weighted by Gasteiger charge is 2.48. The van der Waals surface area contributed by atoms with E-state index in [0.717, 1.165) is 4.74 Å². The second-order valence-corrected chi connectivity index (χ2v) is 6.67. The van der Waals surface area contributed by atoms with Gasteiger partial charge in [0.15, 0.2) is 6.21 Å². The Bertz CT molecular complexity index is 545. The van der Waals surface area contributed by atoms with Crippen LogP contribution in [0.2, 0.25) is 0 Å². The lowest BCUT2D eigenvalue weighted by Crippen LogP contribution is -2.47. The summed E-state index contributed by atoms with van der Waals surface area (Å²) in [4.78, 5) is 1.90. The maximum Gasteiger partial charge on any atom is 0.238 e. The summed E-state index contributed by atoms with van der Waals surface area (Å²) in [6, 6.07) is 6.21. The molecule has 0 saturated carbocycles. The SMILES string of the molecule is CN1C(=S)S[C@H](/[N+]([O-])=C\c2ccccc2F)C1(C)C. The molecule has 1 aromatic carbocycles. The zero-order valence-corrected chi connectivity index (χ0v) is 12.6. The molecule has 0 aromatic heterocycles. The van der Waals surface area contributed by atoms with Crippen LogP contribution in [0.1, 0.15) is 19.4 Å². The molecule has 0 unspecified atom stereocenters. The van der Waals surface area contributed by atoms with E-state index < -0.39 is 11.4 Å². The third-order valence-electron chi connectivity index (χ3n) is 3.36. The number of hydroxylamine groups is 1. The zero-order chi connectivity index (χ0) is 14.2. The minimum atomic E-state index is -0.403. The van der Waals surface area contributed by atoms with E-state index >= 15 is 0 Å². The number of hydrogen-bond donors (Lipinski definition) is 0. The van der Waals surface area contributed by atoms with E-state index in [2.05, 4.69) is 0 Å². The molecule has 1 aliphatic rings. The summed E-state index contributed by atoms with van der Waals surface area (Å²) in [5.41, 5.74) is -0.111. The summed E-state index contributed by atoms with van der Waals surface area (Å²) in [6.45, 7) is 3.90. The minimum Gasteiger partial charge on any atom is -0.623 e. The predicted octanol–water partition coefficient (Wildman–Crippen LogP) is 2.82. The van der Waals surface area contributed by atoms with Crippen molar-refractivity contribution in [3.63, 3.8) is 0 Å². The van der Waals surface area contributed by atoms with Crippen LogP contribution in [0, 0.1) is 11.0 Å². The molecule has 0 bridgehead atoms. The molecule has 3 nitrogen and oxygen atoms in total. The number of rotatable bonds is 2. The molecule has 102 valence electrons. The molecule has 1 aromatic rings. The summed E-state index contributed by atoms with van der Waals surface area (Å²) < 4.78 is 15.0. The van der Waals surface area contributed by atoms with Crippen molar-refractivity contribution in [3.05, 3.63) is 40.9 Å². The Kier molecular flexibility index (Phi) is 3.82. The van der Waals surface area contributed by atoms with Crippen LogP contribution >= 0.6 is 24.0 Å². The first-order chi connectivity index (χ1) is 8.84. The van der Waals surface area contributed by atoms with Gasteiger partial charge in [-0.25, -0.2) is 4.39 Å². The van der Waals surface area contributed by atoms with Gasteiger partial charge < -0.3 is 10.1 Å². The summed E-state index contributed by atoms with van der Waals surface area (Å²) >= 11 is 6.54. The van der Waals surface area contributed by atoms with Crippen molar-refractivity contribution in [1.82, 2.24) is 4.90 Å². The molecule has 19 heavy (non-hydrogen) atoms. The van der Waals surface area contributed by atoms with Crippen LogP contribution in [0.4, 0.5) is 4.39 Å². The topological polar surface area (TPSA) is 29.3 Å². The molecule has 0 spiro atoms. The van der Waals surface area contributed by atoms with Crippen molar-refractivity contribution >= 4 is 34.5 Å². The van der Waals surface area contributed by atoms with Gasteiger partial charge in [0.2, 0.25) is 5.37 Å². The van der Waals surface area contributed by atoms with Crippen LogP contribution < -0.4 is 0 Å². The molecule has 1 saturated heterocycles. The molecule has 2 rings (SSSR count). The van der Waals surface area contributed by atoms with Crippen molar-refractivity contribution < 1.29 is 9.13 Å². The second-order valence-electron chi connectivity index (χ2n) is 4.96. The van der Waals surface area contributed by atoms with Crippen LogP contribution in [0.5, 0.6) is 0 Å². The molecule has 0 N–H and O–H groups in total. The van der Waals surface area contributed by atoms with E-state index in [1.807, 2.05) is 25.8 Å². The summed E-state index contributed by atoms with van der Waals surface area (Å²) in [5.74, 6) is -0.403. The van der Waals surface area contributed by atoms with Gasteiger partial charge in [-0.3, -0.25) is 0 Å². The monoisotopic (exact) mass is 298 g/mol. The number of likely N-dealkylation sites (N-methyl/N-ethyl adjacent to an activating group) is 1. The van der Waals surface area contributed by atoms with Crippen molar-refractivity contribution in [2.24, 2.45) is 0 Å². The van der Waals surface area contributed by atoms with Crippen LogP contribution in [-0.4, -0.2) is 38.1 Å². The maximum atomic E-state index is 13.5. The average molecular weight is 298 g/mol. The van der Waals surface area contributed by atoms with Gasteiger partial charge in [0.25, 0.3) is 0 Å². The third-order valence-corrected chi connectivity index (χ3v) is 5.40. The smallest absolute Gasteiger partial charge is 0.238 e. The van der Waals surface area contributed by atoms with Gasteiger partial charge in [-0.1, -0.05) is 24.4 Å². The standard InChI is InChI=1S/C13H15FN2OS2/c1-13(2)11(19-12(18)15(13)3)16(17)8-9-6-4-5-7-10(9)14/h4-8,11H,1-3H3/b16-8+/t11-/m0/s1. The Hall–Kier alpha value is -1.14. The van der Waals surface area contributed by atoms with Crippen molar-refractivity contribution in [3.8, 4) is 0 Å². The molecule has 0 aliphatic carbocycles. The van der Waals surface area contributed by atoms with E-state index in [1.165, 1.54) is 24.0 Å². The van der Waals surface area contributed by atoms with Gasteiger partial charge in [-0.2, -0.15) is 4.74 Å². The highest BCUT2D eigenvalue weighted by molar-refractivity contribution is 8.23. The van der Waals surface area contributed by atoms with Gasteiger partial charge in [-0.15, -0.1) is 0 Å². The molecule has 0 amide bonds. The van der Waals surface area contributed by atoms with Crippen LogP contribution in [0.15, 0.2) is 24.3 Å². The Morgan fingerprint density at radius 1 is 1.47 bits per heavy atom. The summed E-state index contributed by atoms with van der Waals surface area (Å²) in [7, 11) is 1.87. The first-order valence-electron chi connectivity index (χ1n) is 5.83. The fourth-order valence-electron chi connectivity index (χ4n) is 1.87. The van der Waals surface area contributed by atoms with Crippen LogP contribution in [0.25, 0.3) is 0 Å². The largest absolute Gasteiger partial charge is 0.623 e. The first-order valence-corrected chi connectivity index (χ1v) is 7.12. The zero-order valence-electron chi connectivity index (χ0n) is 11.0. The number of benzene rings is 1. The number of thioether (sulfide) groups is 1. The van der Waals surface area contributed by atoms with Crippen molar-refractivity contribution in [2.45, 2.75) is 24.8 Å². The lowest BCUT2D eigenvalue weighted by atomic mass is 10.0. The number of nitrogens with zero attached hydrogens (tertiary/aromatic N) is 2. The summed E-state index contributed by atoms with van der Waals surface area (Å²) in [6.07, 6.45) is 1.29. The summed E-state index contributed by atoms with van der Waals surface area (Å²) in [5, 5.41) is 11.9. The van der Waals surface area contributed by atoms with Crippen molar-refractivity contribution in [1.29, 1.82) is 0 Å². The molecule has 0 radical (unpaired) electrons. The Balaban J connectivity index is 2.33. The van der Waals surface area contributed by atoms with E-state index in [9.17, 15) is 9.60 Å². The molecule has 1 atom stereocenters. The van der Waals surface area contributed by atoms with E-state index in [0.29, 0.717) is 4.32 Å². The van der Waals surface area contributed by atoms with Crippen LogP contribution in [0.3, 0.4) is 0 Å². The molecular formula is C13H15FN2OS2. The molecule has 1 aliphatic heterocycles. The highest BCUT2D eigenvalue weighted by Crippen LogP contribution is 2.38. The number of halogens is 1. The predicted molar refractivity (Wildman–Crippen MR) is 81.0 cm³/mol. The molecular weight excluding hydrogens is 283 g/mol. The van der Waals surface area contributed by atoms with E-state index in [4.69, 9.17) is 12.2 Å². The van der Waals surface area contributed by atoms with Gasteiger partial charge in [0.1, 0.15) is 15.7 Å². The normalized spacial score (nSPS) is 22.9. The van der Waals surface area contributed by atoms with Crippen molar-refractivity contribution in [2.75, 3.05) is 7.05 Å². The first kappa shape index (κ1) is 14.3. The fraction of sp³-hybridized carbons (Fsp3) is 0.385. The van der Waals surface area contributed by atoms with Gasteiger partial charge in [-0.05, 0) is 37.7 Å². The second kappa shape index (κ2) is 5.09. The van der Waals surface area contributed by atoms with Crippen LogP contribution in [-0.2, 0) is 0 Å². The number of hydrogen-bond acceptors (Lipinski definition) is 3. The maximum absolute atomic E-state index is 13.5.